The van der Waals surface area contributed by atoms with Gasteiger partial charge < -0.3 is 15.2 Å². The van der Waals surface area contributed by atoms with Crippen LogP contribution in [0.4, 0.5) is 0 Å². The molecular formula is C19H30N2O3. The van der Waals surface area contributed by atoms with Gasteiger partial charge in [-0.15, -0.1) is 0 Å². The number of hydrogen-bond donors (Lipinski definition) is 2. The molecule has 0 bridgehead atoms. The Morgan fingerprint density at radius 2 is 2.08 bits per heavy atom. The second-order valence-electron chi connectivity index (χ2n) is 6.92. The maximum Gasteiger partial charge on any atom is 0.217 e. The Kier molecular flexibility index (Phi) is 6.63. The van der Waals surface area contributed by atoms with Crippen LogP contribution in [-0.4, -0.2) is 54.3 Å². The standard InChI is InChI=1S/C19H30N2O3/c1-13-7-8-14(2)19(15(13)3)24-12-18(23)11-21-9-5-6-17(10-21)20-16(4)22/h7-8,17-18,23H,5-6,9-12H2,1-4H3,(H,20,22). The predicted molar refractivity (Wildman–Crippen MR) is 95.4 cm³/mol. The monoisotopic (exact) mass is 334 g/mol. The van der Waals surface area contributed by atoms with Crippen LogP contribution in [0.25, 0.3) is 0 Å². The van der Waals surface area contributed by atoms with Crippen molar-refractivity contribution in [3.8, 4) is 5.75 Å². The third-order valence-corrected chi connectivity index (χ3v) is 4.68. The molecule has 1 heterocycles. The zero-order valence-electron chi connectivity index (χ0n) is 15.3. The fraction of sp³-hybridized carbons (Fsp3) is 0.632. The van der Waals surface area contributed by atoms with Crippen molar-refractivity contribution in [3.63, 3.8) is 0 Å². The first-order valence-electron chi connectivity index (χ1n) is 8.74. The summed E-state index contributed by atoms with van der Waals surface area (Å²) in [7, 11) is 0. The van der Waals surface area contributed by atoms with Crippen molar-refractivity contribution in [2.45, 2.75) is 52.7 Å². The molecule has 24 heavy (non-hydrogen) atoms. The first-order valence-corrected chi connectivity index (χ1v) is 8.74. The molecule has 2 atom stereocenters. The largest absolute Gasteiger partial charge is 0.490 e. The van der Waals surface area contributed by atoms with Gasteiger partial charge in [0.05, 0.1) is 0 Å². The fourth-order valence-electron chi connectivity index (χ4n) is 3.30. The number of ether oxygens (including phenoxy) is 1. The lowest BCUT2D eigenvalue weighted by Gasteiger charge is -2.34. The molecule has 1 saturated heterocycles. The lowest BCUT2D eigenvalue weighted by molar-refractivity contribution is -0.120. The third kappa shape index (κ3) is 5.21. The summed E-state index contributed by atoms with van der Waals surface area (Å²) in [4.78, 5) is 13.4. The smallest absolute Gasteiger partial charge is 0.217 e. The van der Waals surface area contributed by atoms with E-state index in [1.807, 2.05) is 19.9 Å². The highest BCUT2D eigenvalue weighted by molar-refractivity contribution is 5.73. The number of amides is 1. The molecule has 5 heteroatoms. The number of nitrogens with zero attached hydrogens (tertiary/aromatic N) is 1. The summed E-state index contributed by atoms with van der Waals surface area (Å²) in [6.07, 6.45) is 1.50. The number of carbonyl (C=O) groups is 1. The van der Waals surface area contributed by atoms with Crippen molar-refractivity contribution >= 4 is 5.91 Å². The van der Waals surface area contributed by atoms with Gasteiger partial charge in [-0.1, -0.05) is 12.1 Å². The molecule has 0 radical (unpaired) electrons. The SMILES string of the molecule is CC(=O)NC1CCCN(CC(O)COc2c(C)ccc(C)c2C)C1. The van der Waals surface area contributed by atoms with Crippen molar-refractivity contribution in [3.05, 3.63) is 28.8 Å². The number of benzene rings is 1. The van der Waals surface area contributed by atoms with Crippen molar-refractivity contribution in [2.24, 2.45) is 0 Å². The summed E-state index contributed by atoms with van der Waals surface area (Å²) in [6, 6.07) is 4.32. The van der Waals surface area contributed by atoms with Crippen molar-refractivity contribution in [2.75, 3.05) is 26.2 Å². The second-order valence-corrected chi connectivity index (χ2v) is 6.92. The van der Waals surface area contributed by atoms with E-state index in [-0.39, 0.29) is 18.6 Å². The van der Waals surface area contributed by atoms with E-state index in [9.17, 15) is 9.90 Å². The van der Waals surface area contributed by atoms with Crippen molar-refractivity contribution < 1.29 is 14.6 Å². The van der Waals surface area contributed by atoms with Gasteiger partial charge >= 0.3 is 0 Å². The molecule has 0 aromatic heterocycles. The number of rotatable bonds is 6. The Morgan fingerprint density at radius 3 is 2.79 bits per heavy atom. The minimum atomic E-state index is -0.541. The van der Waals surface area contributed by atoms with Crippen LogP contribution in [0.3, 0.4) is 0 Å². The number of carbonyl (C=O) groups excluding carboxylic acids is 1. The molecular weight excluding hydrogens is 304 g/mol. The molecule has 0 spiro atoms. The molecule has 1 aromatic carbocycles. The average molecular weight is 334 g/mol. The normalized spacial score (nSPS) is 19.8. The number of likely N-dealkylation sites (tertiary alicyclic amines) is 1. The Morgan fingerprint density at radius 1 is 1.38 bits per heavy atom. The summed E-state index contributed by atoms with van der Waals surface area (Å²) >= 11 is 0. The quantitative estimate of drug-likeness (QED) is 0.835. The van der Waals surface area contributed by atoms with E-state index >= 15 is 0 Å². The maximum absolute atomic E-state index is 11.2. The van der Waals surface area contributed by atoms with Gasteiger partial charge in [0.15, 0.2) is 0 Å². The number of aryl methyl sites for hydroxylation is 2. The van der Waals surface area contributed by atoms with Crippen molar-refractivity contribution in [1.29, 1.82) is 0 Å². The van der Waals surface area contributed by atoms with E-state index in [1.165, 1.54) is 5.56 Å². The minimum absolute atomic E-state index is 0.0103. The second kappa shape index (κ2) is 8.49. The van der Waals surface area contributed by atoms with Gasteiger partial charge in [-0.25, -0.2) is 0 Å². The number of aliphatic hydroxyl groups is 1. The van der Waals surface area contributed by atoms with Gasteiger partial charge in [0, 0.05) is 26.1 Å². The van der Waals surface area contributed by atoms with Crippen molar-refractivity contribution in [1.82, 2.24) is 10.2 Å². The highest BCUT2D eigenvalue weighted by Gasteiger charge is 2.22. The molecule has 2 unspecified atom stereocenters. The predicted octanol–water partition coefficient (Wildman–Crippen LogP) is 1.95. The van der Waals surface area contributed by atoms with E-state index < -0.39 is 6.10 Å². The first kappa shape index (κ1) is 18.7. The molecule has 0 aliphatic carbocycles. The molecule has 2 N–H and O–H groups in total. The van der Waals surface area contributed by atoms with Gasteiger partial charge in [0.2, 0.25) is 5.91 Å². The Bertz CT molecular complexity index is 574. The van der Waals surface area contributed by atoms with Crippen LogP contribution in [0.2, 0.25) is 0 Å². The number of nitrogens with one attached hydrogen (secondary N) is 1. The van der Waals surface area contributed by atoms with E-state index in [1.54, 1.807) is 6.92 Å². The lowest BCUT2D eigenvalue weighted by atomic mass is 10.0. The first-order chi connectivity index (χ1) is 11.4. The fourth-order valence-corrected chi connectivity index (χ4v) is 3.30. The molecule has 0 saturated carbocycles. The van der Waals surface area contributed by atoms with E-state index in [0.29, 0.717) is 6.54 Å². The molecule has 134 valence electrons. The van der Waals surface area contributed by atoms with Crippen LogP contribution in [0.5, 0.6) is 5.75 Å². The zero-order chi connectivity index (χ0) is 17.7. The van der Waals surface area contributed by atoms with E-state index in [0.717, 1.165) is 42.8 Å². The molecule has 2 rings (SSSR count). The third-order valence-electron chi connectivity index (χ3n) is 4.68. The maximum atomic E-state index is 11.2. The minimum Gasteiger partial charge on any atom is -0.490 e. The molecule has 5 nitrogen and oxygen atoms in total. The topological polar surface area (TPSA) is 61.8 Å². The summed E-state index contributed by atoms with van der Waals surface area (Å²) in [5.41, 5.74) is 3.42. The van der Waals surface area contributed by atoms with Crippen LogP contribution < -0.4 is 10.1 Å². The Balaban J connectivity index is 1.84. The van der Waals surface area contributed by atoms with Gasteiger partial charge in [0.25, 0.3) is 0 Å². The van der Waals surface area contributed by atoms with Gasteiger partial charge in [-0.2, -0.15) is 0 Å². The molecule has 1 amide bonds. The van der Waals surface area contributed by atoms with E-state index in [4.69, 9.17) is 4.74 Å². The summed E-state index contributed by atoms with van der Waals surface area (Å²) in [5.74, 6) is 0.889. The summed E-state index contributed by atoms with van der Waals surface area (Å²) < 4.78 is 5.90. The zero-order valence-corrected chi connectivity index (χ0v) is 15.3. The van der Waals surface area contributed by atoms with Crippen LogP contribution in [0, 0.1) is 20.8 Å². The van der Waals surface area contributed by atoms with E-state index in [2.05, 4.69) is 23.2 Å². The average Bonchev–Trinajstić information content (AvgIpc) is 2.51. The number of β-amino-alcohol motifs (C(OH)–C–C–N with tert-alkyl or cyclic N) is 1. The summed E-state index contributed by atoms with van der Waals surface area (Å²) in [5, 5.41) is 13.3. The lowest BCUT2D eigenvalue weighted by Crippen LogP contribution is -2.49. The van der Waals surface area contributed by atoms with Gasteiger partial charge in [-0.3, -0.25) is 9.69 Å². The number of aliphatic hydroxyl groups excluding tert-OH is 1. The van der Waals surface area contributed by atoms with Gasteiger partial charge in [-0.05, 0) is 56.8 Å². The number of hydrogen-bond acceptors (Lipinski definition) is 4. The number of piperidine rings is 1. The molecule has 1 aromatic rings. The highest BCUT2D eigenvalue weighted by atomic mass is 16.5. The Hall–Kier alpha value is -1.59. The van der Waals surface area contributed by atoms with Crippen LogP contribution in [0.15, 0.2) is 12.1 Å². The van der Waals surface area contributed by atoms with Crippen LogP contribution >= 0.6 is 0 Å². The Labute approximate surface area is 145 Å². The molecule has 1 aliphatic heterocycles. The molecule has 1 aliphatic rings. The van der Waals surface area contributed by atoms with Crippen LogP contribution in [-0.2, 0) is 4.79 Å². The van der Waals surface area contributed by atoms with Gasteiger partial charge in [0.1, 0.15) is 18.5 Å². The molecule has 1 fully saturated rings. The summed E-state index contributed by atoms with van der Waals surface area (Å²) in [6.45, 7) is 10.3. The van der Waals surface area contributed by atoms with Crippen LogP contribution in [0.1, 0.15) is 36.5 Å². The highest BCUT2D eigenvalue weighted by Crippen LogP contribution is 2.25.